The number of thioether (sulfide) groups is 1. The van der Waals surface area contributed by atoms with Crippen molar-refractivity contribution in [2.45, 2.75) is 250 Å². The number of terminal acetylenes is 2. The Morgan fingerprint density at radius 3 is 0.828 bits per heavy atom. The third-order valence-electron chi connectivity index (χ3n) is 4.70. The molecule has 0 aromatic rings. The molecule has 0 heterocycles. The molecule has 0 bridgehead atoms. The van der Waals surface area contributed by atoms with Gasteiger partial charge in [-0.05, 0) is 196 Å². The summed E-state index contributed by atoms with van der Waals surface area (Å²) in [4.78, 5) is 7.79. The monoisotopic (exact) mass is 878 g/mol. The van der Waals surface area contributed by atoms with Gasteiger partial charge in [0, 0.05) is 30.5 Å². The van der Waals surface area contributed by atoms with Crippen LogP contribution in [0.3, 0.4) is 0 Å². The smallest absolute Gasteiger partial charge is 0.286 e. The predicted octanol–water partition coefficient (Wildman–Crippen LogP) is 14.6. The molecule has 0 radical (unpaired) electrons. The van der Waals surface area contributed by atoms with Crippen LogP contribution in [0.15, 0.2) is 23.1 Å². The summed E-state index contributed by atoms with van der Waals surface area (Å²) in [6, 6.07) is 0. The van der Waals surface area contributed by atoms with Crippen LogP contribution in [0.2, 0.25) is 0 Å². The molecule has 0 spiro atoms. The molecule has 0 aliphatic carbocycles. The molecule has 10 heteroatoms. The predicted molar refractivity (Wildman–Crippen MR) is 273 cm³/mol. The molecule has 0 fully saturated rings. The highest BCUT2D eigenvalue weighted by Crippen LogP contribution is 2.28. The number of aliphatic imine (C=N–C) groups is 2. The number of nitrogens with zero attached hydrogens (tertiary/aromatic N) is 3. The van der Waals surface area contributed by atoms with Gasteiger partial charge < -0.3 is 4.74 Å². The number of sulfone groups is 1. The molecular weight excluding hydrogens is 779 g/mol. The minimum absolute atomic E-state index is 0. The highest BCUT2D eigenvalue weighted by Gasteiger charge is 2.39. The Bertz CT molecular complexity index is 1310. The van der Waals surface area contributed by atoms with Gasteiger partial charge in [0.05, 0.1) is 20.6 Å². The Labute approximate surface area is 373 Å². The van der Waals surface area contributed by atoms with E-state index in [0.717, 1.165) is 0 Å². The average molecular weight is 879 g/mol. The first kappa shape index (κ1) is 79.9. The van der Waals surface area contributed by atoms with E-state index in [4.69, 9.17) is 18.1 Å². The van der Waals surface area contributed by atoms with Crippen molar-refractivity contribution in [2.75, 3.05) is 0 Å². The number of ether oxygens (including phenoxy) is 1. The van der Waals surface area contributed by atoms with Crippen LogP contribution >= 0.6 is 11.8 Å². The Kier molecular flexibility index (Phi) is 44.8. The molecule has 0 rings (SSSR count). The zero-order valence-electron chi connectivity index (χ0n) is 40.8. The summed E-state index contributed by atoms with van der Waals surface area (Å²) in [7, 11) is -3.77. The second-order valence-corrected chi connectivity index (χ2v) is 29.2. The fourth-order valence-corrected chi connectivity index (χ4v) is 6.65. The first-order valence-electron chi connectivity index (χ1n) is 18.3. The van der Waals surface area contributed by atoms with Crippen molar-refractivity contribution in [3.8, 4) is 30.3 Å². The summed E-state index contributed by atoms with van der Waals surface area (Å²) in [5, 5.41) is 10.5. The van der Waals surface area contributed by atoms with E-state index < -0.39 is 30.1 Å². The summed E-state index contributed by atoms with van der Waals surface area (Å²) in [6.45, 7) is 59.0. The minimum atomic E-state index is -3.01. The maximum atomic E-state index is 11.7. The summed E-state index contributed by atoms with van der Waals surface area (Å²) < 4.78 is 38.2. The molecule has 0 unspecified atom stereocenters. The van der Waals surface area contributed by atoms with Crippen LogP contribution in [0.5, 0.6) is 0 Å². The largest absolute Gasteiger partial charge is 0.422 e. The van der Waals surface area contributed by atoms with Crippen molar-refractivity contribution in [3.05, 3.63) is 13.2 Å². The van der Waals surface area contributed by atoms with Gasteiger partial charge in [-0.15, -0.1) is 18.8 Å². The SMILES string of the molecule is C.C.C.C#CC(C)(C)C.C#CSC(C)(C)C.C=C=NC(C)(C)C.C=C=NC(C)(C)C.CC(C)(C)OC#N.CC(C)(C)S(=O)(=O)C(C)(C)C.CC(C)(C)S(=O)C(C)(C)C. The lowest BCUT2D eigenvalue weighted by Crippen LogP contribution is -2.41. The van der Waals surface area contributed by atoms with E-state index in [1.54, 1.807) is 47.8 Å². The third kappa shape index (κ3) is 68.4. The molecular formula is C48H99N3O4S3. The minimum Gasteiger partial charge on any atom is -0.422 e. The Hall–Kier alpha value is -2.24. The van der Waals surface area contributed by atoms with E-state index in [1.807, 2.05) is 125 Å². The molecule has 0 atom stereocenters. The first-order chi connectivity index (χ1) is 23.5. The Morgan fingerprint density at radius 2 is 0.828 bits per heavy atom. The molecule has 0 aliphatic rings. The van der Waals surface area contributed by atoms with Gasteiger partial charge in [-0.2, -0.15) is 5.26 Å². The highest BCUT2D eigenvalue weighted by atomic mass is 32.2. The van der Waals surface area contributed by atoms with Crippen LogP contribution in [0.25, 0.3) is 0 Å². The van der Waals surface area contributed by atoms with Crippen LogP contribution in [0, 0.1) is 41.0 Å². The van der Waals surface area contributed by atoms with Crippen LogP contribution in [0.1, 0.15) is 209 Å². The molecule has 7 nitrogen and oxygen atoms in total. The molecule has 0 aromatic carbocycles. The molecule has 0 N–H and O–H groups in total. The Balaban J connectivity index is -0.0000000580. The van der Waals surface area contributed by atoms with Crippen LogP contribution < -0.4 is 0 Å². The quantitative estimate of drug-likeness (QED) is 0.136. The van der Waals surface area contributed by atoms with Gasteiger partial charge in [0.25, 0.3) is 6.26 Å². The summed E-state index contributed by atoms with van der Waals surface area (Å²) in [5.41, 5.74) is -0.238. The van der Waals surface area contributed by atoms with Gasteiger partial charge in [-0.1, -0.05) is 54.8 Å². The van der Waals surface area contributed by atoms with Crippen LogP contribution in [0.4, 0.5) is 0 Å². The number of hydrogen-bond acceptors (Lipinski definition) is 8. The van der Waals surface area contributed by atoms with E-state index >= 15 is 0 Å². The normalized spacial score (nSPS) is 11.3. The van der Waals surface area contributed by atoms with Crippen LogP contribution in [-0.2, 0) is 25.4 Å². The molecule has 0 aliphatic heterocycles. The van der Waals surface area contributed by atoms with E-state index in [1.165, 1.54) is 11.8 Å². The third-order valence-corrected chi connectivity index (χ3v) is 10.9. The summed E-state index contributed by atoms with van der Waals surface area (Å²) in [5.74, 6) is 7.57. The fourth-order valence-electron chi connectivity index (χ4n) is 2.63. The first-order valence-corrected chi connectivity index (χ1v) is 21.7. The molecule has 0 saturated carbocycles. The van der Waals surface area contributed by atoms with E-state index in [2.05, 4.69) is 71.6 Å². The number of rotatable bonds is 0. The molecule has 0 aromatic heterocycles. The summed E-state index contributed by atoms with van der Waals surface area (Å²) >= 11 is 1.52. The Morgan fingerprint density at radius 1 is 0.586 bits per heavy atom. The average Bonchev–Trinajstić information content (AvgIpc) is 2.85. The van der Waals surface area contributed by atoms with Gasteiger partial charge in [0.1, 0.15) is 5.60 Å². The zero-order valence-corrected chi connectivity index (χ0v) is 43.2. The van der Waals surface area contributed by atoms with E-state index in [9.17, 15) is 12.6 Å². The fraction of sp³-hybridized carbons (Fsp3) is 0.812. The van der Waals surface area contributed by atoms with Gasteiger partial charge in [0.2, 0.25) is 0 Å². The second-order valence-electron chi connectivity index (χ2n) is 21.1. The molecule has 0 amide bonds. The van der Waals surface area contributed by atoms with Crippen molar-refractivity contribution in [1.29, 1.82) is 5.26 Å². The number of hydrogen-bond donors (Lipinski definition) is 0. The van der Waals surface area contributed by atoms with Crippen molar-refractivity contribution in [3.63, 3.8) is 0 Å². The van der Waals surface area contributed by atoms with Gasteiger partial charge in [-0.25, -0.2) is 18.4 Å². The zero-order chi connectivity index (χ0) is 46.9. The topological polar surface area (TPSA) is 109 Å². The molecule has 0 saturated heterocycles. The van der Waals surface area contributed by atoms with Gasteiger partial charge in [-0.3, -0.25) is 4.21 Å². The van der Waals surface area contributed by atoms with Crippen molar-refractivity contribution in [2.24, 2.45) is 15.4 Å². The van der Waals surface area contributed by atoms with E-state index in [-0.39, 0.29) is 58.6 Å². The highest BCUT2D eigenvalue weighted by molar-refractivity contribution is 8.05. The summed E-state index contributed by atoms with van der Waals surface area (Å²) in [6.07, 6.45) is 11.7. The van der Waals surface area contributed by atoms with Crippen LogP contribution in [-0.4, -0.2) is 64.8 Å². The molecule has 348 valence electrons. The van der Waals surface area contributed by atoms with Crippen molar-refractivity contribution >= 4 is 44.1 Å². The lowest BCUT2D eigenvalue weighted by Gasteiger charge is -2.29. The van der Waals surface area contributed by atoms with Gasteiger partial charge >= 0.3 is 0 Å². The lowest BCUT2D eigenvalue weighted by molar-refractivity contribution is 0.0920. The maximum absolute atomic E-state index is 11.7. The van der Waals surface area contributed by atoms with Crippen molar-refractivity contribution < 1.29 is 17.4 Å². The van der Waals surface area contributed by atoms with Crippen molar-refractivity contribution in [1.82, 2.24) is 0 Å². The second kappa shape index (κ2) is 32.5. The standard InChI is InChI=1S/C8H18O2S.C8H18OS.2C6H11N.C6H10S.C6H10.C5H9NO.3CH4/c1-7(2,3)11(9,10)8(4,5)6;1-7(2,3)10(9)8(4,5)6;3*1-5-7-6(2,3)4;1-5-6(2,3)4;1-5(2,3)7-4-6;;;/h1-6H3;1-6H3;2*1H2,2-4H3;1H,2-4H3;1H,2-4H3;1-3H3;3*1H4. The van der Waals surface area contributed by atoms with Gasteiger partial charge in [0.15, 0.2) is 9.84 Å². The lowest BCUT2D eigenvalue weighted by atomic mass is 9.99. The van der Waals surface area contributed by atoms with E-state index in [0.29, 0.717) is 0 Å². The maximum Gasteiger partial charge on any atom is 0.286 e. The molecule has 58 heavy (non-hydrogen) atoms. The number of nitriles is 1.